The van der Waals surface area contributed by atoms with Crippen LogP contribution in [0.1, 0.15) is 0 Å². The highest BCUT2D eigenvalue weighted by Crippen LogP contribution is 2.46. The lowest BCUT2D eigenvalue weighted by atomic mass is 9.83. The van der Waals surface area contributed by atoms with Crippen LogP contribution in [0.4, 0.5) is 0 Å². The van der Waals surface area contributed by atoms with E-state index < -0.39 is 0 Å². The van der Waals surface area contributed by atoms with Crippen molar-refractivity contribution in [3.05, 3.63) is 194 Å². The van der Waals surface area contributed by atoms with Gasteiger partial charge >= 0.3 is 0 Å². The van der Waals surface area contributed by atoms with Crippen molar-refractivity contribution < 1.29 is 0 Å². The van der Waals surface area contributed by atoms with E-state index in [1.165, 1.54) is 88.0 Å². The summed E-state index contributed by atoms with van der Waals surface area (Å²) in [6.45, 7) is 0. The van der Waals surface area contributed by atoms with Gasteiger partial charge in [0.2, 0.25) is 0 Å². The molecule has 9 aromatic rings. The molecular weight excluding hydrogens is 577 g/mol. The van der Waals surface area contributed by atoms with Crippen LogP contribution >= 0.6 is 0 Å². The molecule has 0 unspecified atom stereocenters. The van der Waals surface area contributed by atoms with E-state index >= 15 is 0 Å². The standard InChI is InChI=1S/C48H32/c1-4-12-33(13-5-1)36-20-23-38(24-21-36)48-44-29-27-42(40-25-22-35-16-10-11-19-39(35)30-40)32-46(44)47(37-17-8-3-9-18-37)43-28-26-41(31-45(43)48)34-14-6-2-7-15-34/h1-32H. The molecule has 0 radical (unpaired) electrons. The fourth-order valence-corrected chi connectivity index (χ4v) is 7.27. The third-order valence-corrected chi connectivity index (χ3v) is 9.65. The van der Waals surface area contributed by atoms with Crippen LogP contribution in [0.2, 0.25) is 0 Å². The van der Waals surface area contributed by atoms with E-state index in [9.17, 15) is 0 Å². The third kappa shape index (κ3) is 4.96. The first kappa shape index (κ1) is 28.0. The van der Waals surface area contributed by atoms with Crippen molar-refractivity contribution >= 4 is 32.3 Å². The van der Waals surface area contributed by atoms with E-state index in [1.807, 2.05) is 0 Å². The lowest BCUT2D eigenvalue weighted by molar-refractivity contribution is 1.60. The van der Waals surface area contributed by atoms with Crippen LogP contribution in [-0.4, -0.2) is 0 Å². The summed E-state index contributed by atoms with van der Waals surface area (Å²) in [4.78, 5) is 0. The average Bonchev–Trinajstić information content (AvgIpc) is 3.17. The molecule has 0 fully saturated rings. The van der Waals surface area contributed by atoms with E-state index in [4.69, 9.17) is 0 Å². The minimum atomic E-state index is 1.22. The molecule has 0 spiro atoms. The molecule has 0 aliphatic rings. The Balaban J connectivity index is 1.35. The van der Waals surface area contributed by atoms with E-state index in [0.29, 0.717) is 0 Å². The van der Waals surface area contributed by atoms with Crippen LogP contribution in [0.25, 0.3) is 88.0 Å². The van der Waals surface area contributed by atoms with E-state index in [2.05, 4.69) is 194 Å². The number of hydrogen-bond acceptors (Lipinski definition) is 0. The molecule has 0 amide bonds. The predicted molar refractivity (Wildman–Crippen MR) is 206 cm³/mol. The Morgan fingerprint density at radius 2 is 0.542 bits per heavy atom. The molecule has 0 aliphatic carbocycles. The Labute approximate surface area is 281 Å². The lowest BCUT2D eigenvalue weighted by Gasteiger charge is -2.20. The van der Waals surface area contributed by atoms with Gasteiger partial charge in [-0.05, 0) is 106 Å². The van der Waals surface area contributed by atoms with Gasteiger partial charge in [0.1, 0.15) is 0 Å². The molecule has 0 nitrogen and oxygen atoms in total. The van der Waals surface area contributed by atoms with Crippen molar-refractivity contribution in [2.24, 2.45) is 0 Å². The first-order chi connectivity index (χ1) is 23.8. The molecule has 0 aliphatic heterocycles. The van der Waals surface area contributed by atoms with Gasteiger partial charge in [0.05, 0.1) is 0 Å². The van der Waals surface area contributed by atoms with Gasteiger partial charge in [0.15, 0.2) is 0 Å². The maximum atomic E-state index is 2.41. The van der Waals surface area contributed by atoms with Crippen molar-refractivity contribution in [2.75, 3.05) is 0 Å². The summed E-state index contributed by atoms with van der Waals surface area (Å²) in [6.07, 6.45) is 0. The third-order valence-electron chi connectivity index (χ3n) is 9.65. The van der Waals surface area contributed by atoms with Gasteiger partial charge in [-0.25, -0.2) is 0 Å². The SMILES string of the molecule is c1ccc(-c2ccc(-c3c4ccc(-c5ccc6ccccc6c5)cc4c(-c4ccccc4)c4ccc(-c5ccccc5)cc34)cc2)cc1. The van der Waals surface area contributed by atoms with E-state index in [-0.39, 0.29) is 0 Å². The molecular formula is C48H32. The van der Waals surface area contributed by atoms with Gasteiger partial charge in [0, 0.05) is 0 Å². The highest BCUT2D eigenvalue weighted by atomic mass is 14.2. The van der Waals surface area contributed by atoms with Gasteiger partial charge in [0.25, 0.3) is 0 Å². The molecule has 0 heteroatoms. The molecule has 0 saturated heterocycles. The maximum absolute atomic E-state index is 2.41. The summed E-state index contributed by atoms with van der Waals surface area (Å²) in [5, 5.41) is 7.54. The lowest BCUT2D eigenvalue weighted by Crippen LogP contribution is -1.93. The van der Waals surface area contributed by atoms with Crippen molar-refractivity contribution in [2.45, 2.75) is 0 Å². The van der Waals surface area contributed by atoms with Crippen molar-refractivity contribution in [3.8, 4) is 55.6 Å². The smallest absolute Gasteiger partial charge is 0.00261 e. The average molecular weight is 609 g/mol. The summed E-state index contributed by atoms with van der Waals surface area (Å²) in [7, 11) is 0. The van der Waals surface area contributed by atoms with Crippen LogP contribution in [0.15, 0.2) is 194 Å². The molecule has 0 heterocycles. The Kier molecular flexibility index (Phi) is 6.91. The Morgan fingerprint density at radius 1 is 0.188 bits per heavy atom. The highest BCUT2D eigenvalue weighted by molar-refractivity contribution is 6.22. The molecule has 48 heavy (non-hydrogen) atoms. The van der Waals surface area contributed by atoms with Crippen molar-refractivity contribution in [1.29, 1.82) is 0 Å². The highest BCUT2D eigenvalue weighted by Gasteiger charge is 2.19. The molecule has 0 N–H and O–H groups in total. The summed E-state index contributed by atoms with van der Waals surface area (Å²) >= 11 is 0. The Bertz CT molecular complexity index is 2560. The number of benzene rings is 9. The second-order valence-electron chi connectivity index (χ2n) is 12.5. The molecule has 0 aromatic heterocycles. The molecule has 9 rings (SSSR count). The van der Waals surface area contributed by atoms with Gasteiger partial charge in [-0.3, -0.25) is 0 Å². The molecule has 224 valence electrons. The fourth-order valence-electron chi connectivity index (χ4n) is 7.27. The van der Waals surface area contributed by atoms with Crippen LogP contribution < -0.4 is 0 Å². The Hall–Kier alpha value is -6.24. The normalized spacial score (nSPS) is 11.3. The summed E-state index contributed by atoms with van der Waals surface area (Å²) < 4.78 is 0. The van der Waals surface area contributed by atoms with Gasteiger partial charge in [-0.1, -0.05) is 176 Å². The summed E-state index contributed by atoms with van der Waals surface area (Å²) in [5.74, 6) is 0. The minimum absolute atomic E-state index is 1.22. The predicted octanol–water partition coefficient (Wildman–Crippen LogP) is 13.5. The van der Waals surface area contributed by atoms with Gasteiger partial charge in [-0.2, -0.15) is 0 Å². The molecule has 0 atom stereocenters. The minimum Gasteiger partial charge on any atom is -0.0622 e. The second-order valence-corrected chi connectivity index (χ2v) is 12.5. The Morgan fingerprint density at radius 3 is 1.12 bits per heavy atom. The van der Waals surface area contributed by atoms with Crippen molar-refractivity contribution in [1.82, 2.24) is 0 Å². The zero-order valence-corrected chi connectivity index (χ0v) is 26.5. The molecule has 9 aromatic carbocycles. The number of hydrogen-bond donors (Lipinski definition) is 0. The van der Waals surface area contributed by atoms with E-state index in [1.54, 1.807) is 0 Å². The zero-order valence-electron chi connectivity index (χ0n) is 26.5. The number of fused-ring (bicyclic) bond motifs is 3. The van der Waals surface area contributed by atoms with Crippen LogP contribution in [-0.2, 0) is 0 Å². The monoisotopic (exact) mass is 608 g/mol. The second kappa shape index (κ2) is 11.8. The number of rotatable bonds is 5. The van der Waals surface area contributed by atoms with E-state index in [0.717, 1.165) is 0 Å². The summed E-state index contributed by atoms with van der Waals surface area (Å²) in [6, 6.07) is 70.8. The van der Waals surface area contributed by atoms with Crippen LogP contribution in [0.3, 0.4) is 0 Å². The summed E-state index contributed by atoms with van der Waals surface area (Å²) in [5.41, 5.74) is 12.3. The fraction of sp³-hybridized carbons (Fsp3) is 0. The molecule has 0 saturated carbocycles. The quantitative estimate of drug-likeness (QED) is 0.171. The first-order valence-corrected chi connectivity index (χ1v) is 16.6. The van der Waals surface area contributed by atoms with Crippen LogP contribution in [0, 0.1) is 0 Å². The largest absolute Gasteiger partial charge is 0.0622 e. The van der Waals surface area contributed by atoms with Gasteiger partial charge < -0.3 is 0 Å². The first-order valence-electron chi connectivity index (χ1n) is 16.6. The van der Waals surface area contributed by atoms with Crippen LogP contribution in [0.5, 0.6) is 0 Å². The topological polar surface area (TPSA) is 0 Å². The zero-order chi connectivity index (χ0) is 31.9. The van der Waals surface area contributed by atoms with Crippen molar-refractivity contribution in [3.63, 3.8) is 0 Å². The van der Waals surface area contributed by atoms with Gasteiger partial charge in [-0.15, -0.1) is 0 Å². The molecule has 0 bridgehead atoms. The maximum Gasteiger partial charge on any atom is -0.00261 e.